The SMILES string of the molecule is [CH2]C(CCO)c1ccc2c(c1)CCC2. The van der Waals surface area contributed by atoms with E-state index in [4.69, 9.17) is 5.11 Å². The Balaban J connectivity index is 2.19. The molecule has 2 rings (SSSR count). The summed E-state index contributed by atoms with van der Waals surface area (Å²) in [5, 5.41) is 8.85. The average Bonchev–Trinajstić information content (AvgIpc) is 2.64. The van der Waals surface area contributed by atoms with Crippen molar-refractivity contribution in [2.75, 3.05) is 6.61 Å². The normalized spacial score (nSPS) is 16.7. The number of aryl methyl sites for hydroxylation is 2. The lowest BCUT2D eigenvalue weighted by atomic mass is 9.95. The lowest BCUT2D eigenvalue weighted by Crippen LogP contribution is -1.98. The molecule has 1 nitrogen and oxygen atoms in total. The number of hydrogen-bond donors (Lipinski definition) is 1. The molecule has 1 atom stereocenters. The van der Waals surface area contributed by atoms with Crippen molar-refractivity contribution >= 4 is 0 Å². The van der Waals surface area contributed by atoms with Crippen LogP contribution in [0.15, 0.2) is 18.2 Å². The van der Waals surface area contributed by atoms with Gasteiger partial charge in [0.2, 0.25) is 0 Å². The van der Waals surface area contributed by atoms with Crippen molar-refractivity contribution in [2.45, 2.75) is 31.6 Å². The molecule has 1 unspecified atom stereocenters. The molecule has 1 radical (unpaired) electrons. The minimum absolute atomic E-state index is 0.227. The summed E-state index contributed by atoms with van der Waals surface area (Å²) in [7, 11) is 0. The highest BCUT2D eigenvalue weighted by Crippen LogP contribution is 2.26. The molecular formula is C13H17O. The highest BCUT2D eigenvalue weighted by atomic mass is 16.3. The van der Waals surface area contributed by atoms with Crippen LogP contribution in [0.5, 0.6) is 0 Å². The number of fused-ring (bicyclic) bond motifs is 1. The number of hydrogen-bond acceptors (Lipinski definition) is 1. The van der Waals surface area contributed by atoms with Gasteiger partial charge in [-0.15, -0.1) is 0 Å². The van der Waals surface area contributed by atoms with Crippen LogP contribution in [0.3, 0.4) is 0 Å². The van der Waals surface area contributed by atoms with Crippen LogP contribution < -0.4 is 0 Å². The lowest BCUT2D eigenvalue weighted by molar-refractivity contribution is 0.282. The number of aliphatic hydroxyl groups is 1. The lowest BCUT2D eigenvalue weighted by Gasteiger charge is -2.11. The van der Waals surface area contributed by atoms with E-state index in [2.05, 4.69) is 25.1 Å². The van der Waals surface area contributed by atoms with Gasteiger partial charge in [0.05, 0.1) is 0 Å². The summed E-state index contributed by atoms with van der Waals surface area (Å²) in [6, 6.07) is 6.67. The van der Waals surface area contributed by atoms with Gasteiger partial charge in [0.1, 0.15) is 0 Å². The summed E-state index contributed by atoms with van der Waals surface area (Å²) in [6.07, 6.45) is 4.51. The quantitative estimate of drug-likeness (QED) is 0.774. The summed E-state index contributed by atoms with van der Waals surface area (Å²) >= 11 is 0. The Morgan fingerprint density at radius 3 is 2.86 bits per heavy atom. The smallest absolute Gasteiger partial charge is 0.0436 e. The van der Waals surface area contributed by atoms with Gasteiger partial charge in [0, 0.05) is 6.61 Å². The van der Waals surface area contributed by atoms with Crippen LogP contribution >= 0.6 is 0 Å². The molecular weight excluding hydrogens is 172 g/mol. The predicted molar refractivity (Wildman–Crippen MR) is 58.3 cm³/mol. The molecule has 0 aliphatic heterocycles. The van der Waals surface area contributed by atoms with Gasteiger partial charge in [-0.05, 0) is 55.2 Å². The molecule has 75 valence electrons. The molecule has 0 spiro atoms. The largest absolute Gasteiger partial charge is 0.396 e. The number of aliphatic hydroxyl groups excluding tert-OH is 1. The predicted octanol–water partition coefficient (Wildman–Crippen LogP) is 2.48. The highest BCUT2D eigenvalue weighted by Gasteiger charge is 2.12. The first-order valence-electron chi connectivity index (χ1n) is 5.37. The summed E-state index contributed by atoms with van der Waals surface area (Å²) in [6.45, 7) is 4.29. The van der Waals surface area contributed by atoms with Crippen molar-refractivity contribution in [3.8, 4) is 0 Å². The molecule has 1 aliphatic carbocycles. The molecule has 0 bridgehead atoms. The van der Waals surface area contributed by atoms with Gasteiger partial charge < -0.3 is 5.11 Å². The topological polar surface area (TPSA) is 20.2 Å². The molecule has 1 N–H and O–H groups in total. The van der Waals surface area contributed by atoms with Gasteiger partial charge in [-0.25, -0.2) is 0 Å². The monoisotopic (exact) mass is 189 g/mol. The molecule has 0 heterocycles. The zero-order chi connectivity index (χ0) is 9.97. The van der Waals surface area contributed by atoms with Gasteiger partial charge in [-0.1, -0.05) is 18.2 Å². The van der Waals surface area contributed by atoms with E-state index in [1.807, 2.05) is 0 Å². The molecule has 0 saturated heterocycles. The number of rotatable bonds is 3. The van der Waals surface area contributed by atoms with Crippen molar-refractivity contribution in [1.29, 1.82) is 0 Å². The van der Waals surface area contributed by atoms with Crippen molar-refractivity contribution in [1.82, 2.24) is 0 Å². The fourth-order valence-electron chi connectivity index (χ4n) is 2.17. The Hall–Kier alpha value is -0.820. The maximum Gasteiger partial charge on any atom is 0.0436 e. The van der Waals surface area contributed by atoms with E-state index in [1.54, 1.807) is 0 Å². The minimum Gasteiger partial charge on any atom is -0.396 e. The van der Waals surface area contributed by atoms with Gasteiger partial charge >= 0.3 is 0 Å². The van der Waals surface area contributed by atoms with Gasteiger partial charge in [0.15, 0.2) is 0 Å². The van der Waals surface area contributed by atoms with Crippen molar-refractivity contribution in [2.24, 2.45) is 0 Å². The van der Waals surface area contributed by atoms with Crippen molar-refractivity contribution in [3.05, 3.63) is 41.8 Å². The van der Waals surface area contributed by atoms with Crippen LogP contribution in [0.1, 0.15) is 35.4 Å². The Bertz CT molecular complexity index is 317. The maximum absolute atomic E-state index is 8.85. The molecule has 0 fully saturated rings. The van der Waals surface area contributed by atoms with E-state index >= 15 is 0 Å². The molecule has 1 aromatic rings. The first-order chi connectivity index (χ1) is 6.81. The summed E-state index contributed by atoms with van der Waals surface area (Å²) in [4.78, 5) is 0. The second-order valence-electron chi connectivity index (χ2n) is 4.09. The van der Waals surface area contributed by atoms with E-state index in [9.17, 15) is 0 Å². The summed E-state index contributed by atoms with van der Waals surface area (Å²) < 4.78 is 0. The Morgan fingerprint density at radius 2 is 2.07 bits per heavy atom. The van der Waals surface area contributed by atoms with E-state index in [1.165, 1.54) is 36.0 Å². The Labute approximate surface area is 85.8 Å². The van der Waals surface area contributed by atoms with E-state index in [0.29, 0.717) is 0 Å². The molecule has 0 amide bonds. The summed E-state index contributed by atoms with van der Waals surface area (Å²) in [5.74, 6) is 0.242. The number of benzene rings is 1. The maximum atomic E-state index is 8.85. The van der Waals surface area contributed by atoms with Crippen LogP contribution in [0.25, 0.3) is 0 Å². The van der Waals surface area contributed by atoms with Crippen LogP contribution in [0, 0.1) is 6.92 Å². The first kappa shape index (κ1) is 9.72. The third kappa shape index (κ3) is 1.83. The second-order valence-corrected chi connectivity index (χ2v) is 4.09. The third-order valence-corrected chi connectivity index (χ3v) is 3.07. The molecule has 1 heteroatoms. The standard InChI is InChI=1S/C13H17O/c1-10(7-8-14)12-6-5-11-3-2-4-13(11)9-12/h5-6,9-10,14H,1-4,7-8H2. The fraction of sp³-hybridized carbons (Fsp3) is 0.462. The minimum atomic E-state index is 0.227. The fourth-order valence-corrected chi connectivity index (χ4v) is 2.17. The highest BCUT2D eigenvalue weighted by molar-refractivity contribution is 5.36. The zero-order valence-electron chi connectivity index (χ0n) is 8.50. The van der Waals surface area contributed by atoms with Gasteiger partial charge in [-0.2, -0.15) is 0 Å². The average molecular weight is 189 g/mol. The summed E-state index contributed by atoms with van der Waals surface area (Å²) in [5.41, 5.74) is 4.28. The third-order valence-electron chi connectivity index (χ3n) is 3.07. The molecule has 0 aromatic heterocycles. The van der Waals surface area contributed by atoms with Gasteiger partial charge in [0.25, 0.3) is 0 Å². The van der Waals surface area contributed by atoms with E-state index in [0.717, 1.165) is 6.42 Å². The van der Waals surface area contributed by atoms with Crippen LogP contribution in [0.2, 0.25) is 0 Å². The van der Waals surface area contributed by atoms with Crippen LogP contribution in [0.4, 0.5) is 0 Å². The first-order valence-corrected chi connectivity index (χ1v) is 5.37. The molecule has 1 aliphatic rings. The molecule has 0 saturated carbocycles. The van der Waals surface area contributed by atoms with Gasteiger partial charge in [-0.3, -0.25) is 0 Å². The molecule has 14 heavy (non-hydrogen) atoms. The van der Waals surface area contributed by atoms with Crippen molar-refractivity contribution in [3.63, 3.8) is 0 Å². The second kappa shape index (κ2) is 4.14. The van der Waals surface area contributed by atoms with Crippen molar-refractivity contribution < 1.29 is 5.11 Å². The van der Waals surface area contributed by atoms with Crippen LogP contribution in [-0.2, 0) is 12.8 Å². The van der Waals surface area contributed by atoms with E-state index in [-0.39, 0.29) is 12.5 Å². The Kier molecular flexibility index (Phi) is 2.87. The molecule has 1 aromatic carbocycles. The Morgan fingerprint density at radius 1 is 1.29 bits per heavy atom. The van der Waals surface area contributed by atoms with Crippen LogP contribution in [-0.4, -0.2) is 11.7 Å². The van der Waals surface area contributed by atoms with E-state index < -0.39 is 0 Å². The zero-order valence-corrected chi connectivity index (χ0v) is 8.50.